The Balaban J connectivity index is 2.17. The Bertz CT molecular complexity index is 572. The molecule has 5 heteroatoms. The molecule has 2 aromatic rings. The molecule has 2 N–H and O–H groups in total. The molecule has 1 aromatic heterocycles. The molecule has 0 spiro atoms. The minimum absolute atomic E-state index is 0.172. The fourth-order valence-electron chi connectivity index (χ4n) is 1.70. The van der Waals surface area contributed by atoms with Gasteiger partial charge < -0.3 is 5.73 Å². The molecule has 0 aliphatic rings. The second-order valence-corrected chi connectivity index (χ2v) is 6.39. The topological polar surface area (TPSA) is 51.8 Å². The average Bonchev–Trinajstić information content (AvgIpc) is 2.32. The number of halogens is 1. The molecule has 1 aromatic carbocycles. The van der Waals surface area contributed by atoms with Crippen LogP contribution in [-0.2, 0) is 6.42 Å². The average molecular weight is 338 g/mol. The van der Waals surface area contributed by atoms with Gasteiger partial charge in [-0.05, 0) is 71.7 Å². The van der Waals surface area contributed by atoms with Gasteiger partial charge in [-0.2, -0.15) is 0 Å². The molecular formula is C14H16BrN3S. The van der Waals surface area contributed by atoms with Gasteiger partial charge in [-0.25, -0.2) is 9.97 Å². The van der Waals surface area contributed by atoms with Gasteiger partial charge in [0.25, 0.3) is 0 Å². The van der Waals surface area contributed by atoms with Gasteiger partial charge in [0.15, 0.2) is 5.16 Å². The summed E-state index contributed by atoms with van der Waals surface area (Å²) in [5.41, 5.74) is 8.02. The zero-order chi connectivity index (χ0) is 13.8. The van der Waals surface area contributed by atoms with Gasteiger partial charge in [-0.3, -0.25) is 0 Å². The Morgan fingerprint density at radius 2 is 2.16 bits per heavy atom. The molecule has 100 valence electrons. The van der Waals surface area contributed by atoms with Gasteiger partial charge in [0.1, 0.15) is 0 Å². The van der Waals surface area contributed by atoms with E-state index in [-0.39, 0.29) is 6.04 Å². The third-order valence-corrected chi connectivity index (χ3v) is 4.40. The number of hydrogen-bond donors (Lipinski definition) is 1. The van der Waals surface area contributed by atoms with Gasteiger partial charge in [0.2, 0.25) is 0 Å². The fourth-order valence-corrected chi connectivity index (χ4v) is 3.16. The monoisotopic (exact) mass is 337 g/mol. The number of aryl methyl sites for hydroxylation is 1. The first-order valence-electron chi connectivity index (χ1n) is 6.06. The highest BCUT2D eigenvalue weighted by Crippen LogP contribution is 2.32. The van der Waals surface area contributed by atoms with Gasteiger partial charge in [-0.15, -0.1) is 0 Å². The van der Waals surface area contributed by atoms with Crippen molar-refractivity contribution in [3.05, 3.63) is 46.2 Å². The smallest absolute Gasteiger partial charge is 0.192 e. The predicted molar refractivity (Wildman–Crippen MR) is 82.4 cm³/mol. The highest BCUT2D eigenvalue weighted by molar-refractivity contribution is 9.10. The van der Waals surface area contributed by atoms with Crippen LogP contribution in [-0.4, -0.2) is 16.0 Å². The fraction of sp³-hybridized carbons (Fsp3) is 0.286. The standard InChI is InChI=1S/C14H16BrN3S/c1-9(16)7-11-3-4-13(12(15)8-11)19-14-17-6-5-10(2)18-14/h3-6,8-9H,7,16H2,1-2H3. The van der Waals surface area contributed by atoms with E-state index < -0.39 is 0 Å². The van der Waals surface area contributed by atoms with Crippen molar-refractivity contribution in [3.63, 3.8) is 0 Å². The molecule has 0 saturated carbocycles. The maximum absolute atomic E-state index is 5.81. The lowest BCUT2D eigenvalue weighted by molar-refractivity contribution is 0.737. The number of nitrogens with zero attached hydrogens (tertiary/aromatic N) is 2. The molecule has 0 bridgehead atoms. The van der Waals surface area contributed by atoms with Gasteiger partial charge in [0.05, 0.1) is 0 Å². The van der Waals surface area contributed by atoms with Crippen LogP contribution in [0.2, 0.25) is 0 Å². The molecule has 1 unspecified atom stereocenters. The summed E-state index contributed by atoms with van der Waals surface area (Å²) < 4.78 is 1.06. The maximum atomic E-state index is 5.81. The van der Waals surface area contributed by atoms with Crippen molar-refractivity contribution in [2.45, 2.75) is 36.4 Å². The van der Waals surface area contributed by atoms with Crippen LogP contribution >= 0.6 is 27.7 Å². The highest BCUT2D eigenvalue weighted by Gasteiger charge is 2.07. The van der Waals surface area contributed by atoms with E-state index >= 15 is 0 Å². The van der Waals surface area contributed by atoms with Gasteiger partial charge >= 0.3 is 0 Å². The summed E-state index contributed by atoms with van der Waals surface area (Å²) >= 11 is 5.15. The Morgan fingerprint density at radius 3 is 2.79 bits per heavy atom. The van der Waals surface area contributed by atoms with Crippen LogP contribution in [0.25, 0.3) is 0 Å². The summed E-state index contributed by atoms with van der Waals surface area (Å²) in [6.45, 7) is 3.98. The number of aromatic nitrogens is 2. The lowest BCUT2D eigenvalue weighted by Crippen LogP contribution is -2.17. The van der Waals surface area contributed by atoms with E-state index in [2.05, 4.69) is 44.1 Å². The first-order valence-corrected chi connectivity index (χ1v) is 7.67. The van der Waals surface area contributed by atoms with Crippen molar-refractivity contribution >= 4 is 27.7 Å². The van der Waals surface area contributed by atoms with E-state index in [9.17, 15) is 0 Å². The van der Waals surface area contributed by atoms with Crippen LogP contribution in [0.5, 0.6) is 0 Å². The van der Waals surface area contributed by atoms with Crippen molar-refractivity contribution in [1.29, 1.82) is 0 Å². The number of benzene rings is 1. The molecule has 3 nitrogen and oxygen atoms in total. The normalized spacial score (nSPS) is 12.4. The van der Waals surface area contributed by atoms with E-state index in [1.807, 2.05) is 19.9 Å². The molecule has 0 saturated heterocycles. The van der Waals surface area contributed by atoms with E-state index in [0.29, 0.717) is 0 Å². The van der Waals surface area contributed by atoms with Crippen LogP contribution in [0.1, 0.15) is 18.2 Å². The molecule has 0 aliphatic carbocycles. The number of hydrogen-bond acceptors (Lipinski definition) is 4. The minimum atomic E-state index is 0.172. The molecule has 1 atom stereocenters. The molecule has 19 heavy (non-hydrogen) atoms. The van der Waals surface area contributed by atoms with Crippen LogP contribution in [0.3, 0.4) is 0 Å². The molecule has 0 amide bonds. The second-order valence-electron chi connectivity index (χ2n) is 4.53. The highest BCUT2D eigenvalue weighted by atomic mass is 79.9. The summed E-state index contributed by atoms with van der Waals surface area (Å²) in [7, 11) is 0. The van der Waals surface area contributed by atoms with E-state index in [1.165, 1.54) is 5.56 Å². The first-order chi connectivity index (χ1) is 9.04. The molecule has 2 rings (SSSR count). The van der Waals surface area contributed by atoms with Crippen molar-refractivity contribution in [2.24, 2.45) is 5.73 Å². The summed E-state index contributed by atoms with van der Waals surface area (Å²) in [6.07, 6.45) is 2.66. The minimum Gasteiger partial charge on any atom is -0.328 e. The quantitative estimate of drug-likeness (QED) is 0.866. The predicted octanol–water partition coefficient (Wildman–Crippen LogP) is 3.59. The van der Waals surface area contributed by atoms with Crippen LogP contribution in [0.4, 0.5) is 0 Å². The Morgan fingerprint density at radius 1 is 1.37 bits per heavy atom. The van der Waals surface area contributed by atoms with E-state index in [4.69, 9.17) is 5.73 Å². The van der Waals surface area contributed by atoms with E-state index in [1.54, 1.807) is 18.0 Å². The second kappa shape index (κ2) is 6.50. The number of rotatable bonds is 4. The first kappa shape index (κ1) is 14.5. The lowest BCUT2D eigenvalue weighted by atomic mass is 10.1. The van der Waals surface area contributed by atoms with Crippen LogP contribution in [0.15, 0.2) is 45.0 Å². The Hall–Kier alpha value is -0.910. The Labute approximate surface area is 126 Å². The van der Waals surface area contributed by atoms with Crippen LogP contribution < -0.4 is 5.73 Å². The summed E-state index contributed by atoms with van der Waals surface area (Å²) in [5, 5.41) is 0.764. The summed E-state index contributed by atoms with van der Waals surface area (Å²) in [6, 6.07) is 8.36. The van der Waals surface area contributed by atoms with Crippen LogP contribution in [0, 0.1) is 6.92 Å². The summed E-state index contributed by atoms with van der Waals surface area (Å²) in [5.74, 6) is 0. The zero-order valence-corrected chi connectivity index (χ0v) is 13.3. The summed E-state index contributed by atoms with van der Waals surface area (Å²) in [4.78, 5) is 9.76. The van der Waals surface area contributed by atoms with Gasteiger partial charge in [0, 0.05) is 27.3 Å². The molecular weight excluding hydrogens is 322 g/mol. The molecule has 1 heterocycles. The van der Waals surface area contributed by atoms with E-state index in [0.717, 1.165) is 26.6 Å². The largest absolute Gasteiger partial charge is 0.328 e. The SMILES string of the molecule is Cc1ccnc(Sc2ccc(CC(C)N)cc2Br)n1. The van der Waals surface area contributed by atoms with Crippen molar-refractivity contribution in [3.8, 4) is 0 Å². The third-order valence-electron chi connectivity index (χ3n) is 2.53. The lowest BCUT2D eigenvalue weighted by Gasteiger charge is -2.08. The van der Waals surface area contributed by atoms with Crippen molar-refractivity contribution in [2.75, 3.05) is 0 Å². The third kappa shape index (κ3) is 4.30. The van der Waals surface area contributed by atoms with Crippen molar-refractivity contribution < 1.29 is 0 Å². The van der Waals surface area contributed by atoms with Crippen molar-refractivity contribution in [1.82, 2.24) is 9.97 Å². The number of nitrogens with two attached hydrogens (primary N) is 1. The zero-order valence-electron chi connectivity index (χ0n) is 10.9. The van der Waals surface area contributed by atoms with Gasteiger partial charge in [-0.1, -0.05) is 6.07 Å². The Kier molecular flexibility index (Phi) is 4.96. The maximum Gasteiger partial charge on any atom is 0.192 e. The molecule has 0 fully saturated rings. The molecule has 0 aliphatic heterocycles. The molecule has 0 radical (unpaired) electrons.